The number of hydrogen-bond acceptors (Lipinski definition) is 4. The first kappa shape index (κ1) is 20.2. The van der Waals surface area contributed by atoms with Crippen LogP contribution in [-0.2, 0) is 4.74 Å². The van der Waals surface area contributed by atoms with E-state index in [1.54, 1.807) is 12.1 Å². The summed E-state index contributed by atoms with van der Waals surface area (Å²) in [5, 5.41) is 10.4. The molecule has 2 heterocycles. The van der Waals surface area contributed by atoms with Gasteiger partial charge in [0, 0.05) is 57.9 Å². The highest BCUT2D eigenvalue weighted by atomic mass is 127. The normalized spacial score (nSPS) is 21.0. The molecule has 0 aromatic heterocycles. The molecular weight excluding hydrogens is 438 g/mol. The molecule has 3 rings (SSSR count). The van der Waals surface area contributed by atoms with E-state index in [-0.39, 0.29) is 29.8 Å². The van der Waals surface area contributed by atoms with Crippen LogP contribution in [0.1, 0.15) is 12.8 Å². The topological polar surface area (TPSA) is 74.3 Å². The van der Waals surface area contributed by atoms with E-state index in [9.17, 15) is 9.50 Å². The predicted octanol–water partition coefficient (Wildman–Crippen LogP) is 1.42. The van der Waals surface area contributed by atoms with E-state index in [0.29, 0.717) is 38.6 Å². The Hall–Kier alpha value is -1.13. The van der Waals surface area contributed by atoms with Crippen LogP contribution in [0.4, 0.5) is 10.1 Å². The third-order valence-electron chi connectivity index (χ3n) is 4.75. The van der Waals surface area contributed by atoms with Gasteiger partial charge < -0.3 is 25.4 Å². The molecule has 25 heavy (non-hydrogen) atoms. The van der Waals surface area contributed by atoms with Crippen molar-refractivity contribution in [1.29, 1.82) is 0 Å². The van der Waals surface area contributed by atoms with E-state index in [0.717, 1.165) is 31.9 Å². The zero-order valence-electron chi connectivity index (χ0n) is 14.2. The number of hydrogen-bond donors (Lipinski definition) is 2. The molecule has 2 saturated heterocycles. The Bertz CT molecular complexity index is 571. The molecule has 2 fully saturated rings. The molecule has 3 N–H and O–H groups in total. The number of guanidine groups is 1. The Balaban J connectivity index is 0.00000225. The Morgan fingerprint density at radius 3 is 2.36 bits per heavy atom. The molecule has 6 nitrogen and oxygen atoms in total. The lowest BCUT2D eigenvalue weighted by Crippen LogP contribution is -2.51. The van der Waals surface area contributed by atoms with E-state index < -0.39 is 5.60 Å². The van der Waals surface area contributed by atoms with E-state index in [4.69, 9.17) is 10.5 Å². The van der Waals surface area contributed by atoms with Gasteiger partial charge in [-0.3, -0.25) is 4.99 Å². The van der Waals surface area contributed by atoms with E-state index >= 15 is 0 Å². The van der Waals surface area contributed by atoms with Crippen molar-refractivity contribution in [2.24, 2.45) is 10.7 Å². The molecule has 2 aliphatic rings. The van der Waals surface area contributed by atoms with Crippen LogP contribution in [0.15, 0.2) is 29.3 Å². The van der Waals surface area contributed by atoms with Crippen molar-refractivity contribution < 1.29 is 14.2 Å². The molecule has 0 aliphatic carbocycles. The highest BCUT2D eigenvalue weighted by Gasteiger charge is 2.30. The summed E-state index contributed by atoms with van der Waals surface area (Å²) in [4.78, 5) is 8.63. The number of benzene rings is 1. The SMILES string of the molecule is I.NC(=NCC1(O)CCOCC1)N1CCN(c2ccc(F)cc2)CC1. The molecule has 0 saturated carbocycles. The van der Waals surface area contributed by atoms with Gasteiger partial charge >= 0.3 is 0 Å². The summed E-state index contributed by atoms with van der Waals surface area (Å²) in [7, 11) is 0. The number of ether oxygens (including phenoxy) is 1. The fraction of sp³-hybridized carbons (Fsp3) is 0.588. The number of halogens is 2. The molecule has 0 bridgehead atoms. The lowest BCUT2D eigenvalue weighted by atomic mass is 9.95. The molecule has 1 aromatic carbocycles. The second-order valence-corrected chi connectivity index (χ2v) is 6.46. The molecule has 0 amide bonds. The summed E-state index contributed by atoms with van der Waals surface area (Å²) in [5.41, 5.74) is 6.32. The van der Waals surface area contributed by atoms with Gasteiger partial charge in [-0.2, -0.15) is 0 Å². The van der Waals surface area contributed by atoms with Crippen LogP contribution in [-0.4, -0.2) is 67.5 Å². The van der Waals surface area contributed by atoms with Crippen LogP contribution in [0.25, 0.3) is 0 Å². The third kappa shape index (κ3) is 5.42. The standard InChI is InChI=1S/C17H25FN4O2.HI/c18-14-1-3-15(4-2-14)21-7-9-22(10-8-21)16(19)20-13-17(23)5-11-24-12-6-17;/h1-4,23H,5-13H2,(H2,19,20);1H. The van der Waals surface area contributed by atoms with Gasteiger partial charge in [0.2, 0.25) is 0 Å². The van der Waals surface area contributed by atoms with Crippen LogP contribution in [0.5, 0.6) is 0 Å². The number of piperazine rings is 1. The van der Waals surface area contributed by atoms with E-state index in [1.807, 2.05) is 4.90 Å². The van der Waals surface area contributed by atoms with Gasteiger partial charge in [-0.25, -0.2) is 4.39 Å². The first-order valence-corrected chi connectivity index (χ1v) is 8.41. The van der Waals surface area contributed by atoms with Gasteiger partial charge in [0.1, 0.15) is 5.82 Å². The second kappa shape index (κ2) is 9.00. The third-order valence-corrected chi connectivity index (χ3v) is 4.75. The Morgan fingerprint density at radius 1 is 1.16 bits per heavy atom. The van der Waals surface area contributed by atoms with Crippen molar-refractivity contribution in [3.05, 3.63) is 30.1 Å². The molecule has 0 spiro atoms. The lowest BCUT2D eigenvalue weighted by Gasteiger charge is -2.37. The average Bonchev–Trinajstić information content (AvgIpc) is 2.61. The van der Waals surface area contributed by atoms with Gasteiger partial charge in [-0.1, -0.05) is 0 Å². The highest BCUT2D eigenvalue weighted by Crippen LogP contribution is 2.21. The number of aliphatic imine (C=N–C) groups is 1. The maximum Gasteiger partial charge on any atom is 0.191 e. The van der Waals surface area contributed by atoms with Crippen molar-refractivity contribution in [2.75, 3.05) is 50.8 Å². The number of anilines is 1. The molecule has 0 unspecified atom stereocenters. The Morgan fingerprint density at radius 2 is 1.76 bits per heavy atom. The van der Waals surface area contributed by atoms with Crippen LogP contribution in [0, 0.1) is 5.82 Å². The van der Waals surface area contributed by atoms with Gasteiger partial charge in [-0.05, 0) is 24.3 Å². The zero-order valence-corrected chi connectivity index (χ0v) is 16.6. The average molecular weight is 464 g/mol. The van der Waals surface area contributed by atoms with Gasteiger partial charge in [0.25, 0.3) is 0 Å². The van der Waals surface area contributed by atoms with Gasteiger partial charge in [0.05, 0.1) is 12.1 Å². The van der Waals surface area contributed by atoms with E-state index in [2.05, 4.69) is 9.89 Å². The smallest absolute Gasteiger partial charge is 0.191 e. The highest BCUT2D eigenvalue weighted by molar-refractivity contribution is 14.0. The zero-order chi connectivity index (χ0) is 17.0. The fourth-order valence-corrected chi connectivity index (χ4v) is 3.08. The summed E-state index contributed by atoms with van der Waals surface area (Å²) in [6.07, 6.45) is 1.20. The van der Waals surface area contributed by atoms with Gasteiger partial charge in [0.15, 0.2) is 5.96 Å². The minimum atomic E-state index is -0.793. The van der Waals surface area contributed by atoms with Crippen LogP contribution in [0.3, 0.4) is 0 Å². The van der Waals surface area contributed by atoms with Crippen molar-refractivity contribution in [3.8, 4) is 0 Å². The molecule has 0 radical (unpaired) electrons. The summed E-state index contributed by atoms with van der Waals surface area (Å²) < 4.78 is 18.3. The molecule has 1 aromatic rings. The number of aliphatic hydroxyl groups is 1. The summed E-state index contributed by atoms with van der Waals surface area (Å²) in [5.74, 6) is 0.258. The number of nitrogens with two attached hydrogens (primary N) is 1. The molecule has 8 heteroatoms. The van der Waals surface area contributed by atoms with Crippen molar-refractivity contribution in [3.63, 3.8) is 0 Å². The lowest BCUT2D eigenvalue weighted by molar-refractivity contribution is -0.0566. The second-order valence-electron chi connectivity index (χ2n) is 6.46. The molecule has 140 valence electrons. The largest absolute Gasteiger partial charge is 0.388 e. The first-order valence-electron chi connectivity index (χ1n) is 8.41. The quantitative estimate of drug-likeness (QED) is 0.402. The number of nitrogens with zero attached hydrogens (tertiary/aromatic N) is 3. The maximum atomic E-state index is 13.0. The molecular formula is C17H26FIN4O2. The summed E-state index contributed by atoms with van der Waals surface area (Å²) in [6, 6.07) is 6.55. The summed E-state index contributed by atoms with van der Waals surface area (Å²) in [6.45, 7) is 4.59. The first-order chi connectivity index (χ1) is 11.6. The van der Waals surface area contributed by atoms with Gasteiger partial charge in [-0.15, -0.1) is 24.0 Å². The maximum absolute atomic E-state index is 13.0. The predicted molar refractivity (Wildman–Crippen MR) is 107 cm³/mol. The minimum Gasteiger partial charge on any atom is -0.388 e. The number of rotatable bonds is 3. The van der Waals surface area contributed by atoms with E-state index in [1.165, 1.54) is 12.1 Å². The van der Waals surface area contributed by atoms with Crippen molar-refractivity contribution >= 4 is 35.6 Å². The molecule has 0 atom stereocenters. The van der Waals surface area contributed by atoms with Crippen LogP contribution >= 0.6 is 24.0 Å². The summed E-state index contributed by atoms with van der Waals surface area (Å²) >= 11 is 0. The van der Waals surface area contributed by atoms with Crippen LogP contribution < -0.4 is 10.6 Å². The minimum absolute atomic E-state index is 0. The Labute approximate surface area is 164 Å². The van der Waals surface area contributed by atoms with Crippen LogP contribution in [0.2, 0.25) is 0 Å². The molecule has 2 aliphatic heterocycles. The fourth-order valence-electron chi connectivity index (χ4n) is 3.08. The van der Waals surface area contributed by atoms with Crippen molar-refractivity contribution in [2.45, 2.75) is 18.4 Å². The Kier molecular flexibility index (Phi) is 7.26. The monoisotopic (exact) mass is 464 g/mol. The van der Waals surface area contributed by atoms with Crippen molar-refractivity contribution in [1.82, 2.24) is 4.90 Å².